The van der Waals surface area contributed by atoms with E-state index >= 15 is 0 Å². The van der Waals surface area contributed by atoms with Crippen molar-refractivity contribution in [1.29, 1.82) is 0 Å². The largest absolute Gasteiger partial charge is 0.356 e. The van der Waals surface area contributed by atoms with Crippen LogP contribution in [-0.4, -0.2) is 22.3 Å². The zero-order valence-corrected chi connectivity index (χ0v) is 14.7. The molecule has 3 aliphatic rings. The first kappa shape index (κ1) is 14.6. The van der Waals surface area contributed by atoms with Gasteiger partial charge in [0.05, 0.1) is 5.54 Å². The number of benzene rings is 2. The first-order valence-electron chi connectivity index (χ1n) is 9.74. The number of hydrogen-bond acceptors (Lipinski definition) is 1. The number of nitrogens with zero attached hydrogens (tertiary/aromatic N) is 1. The van der Waals surface area contributed by atoms with E-state index < -0.39 is 0 Å². The molecule has 0 spiro atoms. The van der Waals surface area contributed by atoms with Crippen LogP contribution < -0.4 is 0 Å². The third-order valence-electron chi connectivity index (χ3n) is 7.10. The van der Waals surface area contributed by atoms with Gasteiger partial charge in [-0.15, -0.1) is 0 Å². The summed E-state index contributed by atoms with van der Waals surface area (Å²) in [7, 11) is 0. The summed E-state index contributed by atoms with van der Waals surface area (Å²) in [5.74, 6) is 1.07. The first-order chi connectivity index (χ1) is 12.8. The van der Waals surface area contributed by atoms with Crippen molar-refractivity contribution in [2.24, 2.45) is 11.8 Å². The number of hydrogen-bond donors (Lipinski definition) is 1. The third kappa shape index (κ3) is 1.66. The van der Waals surface area contributed by atoms with Crippen LogP contribution in [0, 0.1) is 11.8 Å². The molecular formula is C23H22N2O. The summed E-state index contributed by atoms with van der Waals surface area (Å²) in [5.41, 5.74) is 5.10. The average Bonchev–Trinajstić information content (AvgIpc) is 3.08. The van der Waals surface area contributed by atoms with Crippen LogP contribution in [0.3, 0.4) is 0 Å². The molecule has 0 bridgehead atoms. The summed E-state index contributed by atoms with van der Waals surface area (Å²) in [6.45, 7) is 0.855. The Hall–Kier alpha value is -2.55. The fourth-order valence-electron chi connectivity index (χ4n) is 5.87. The smallest absolute Gasteiger partial charge is 0.226 e. The zero-order chi connectivity index (χ0) is 17.3. The molecule has 2 aliphatic heterocycles. The molecule has 1 aliphatic carbocycles. The summed E-state index contributed by atoms with van der Waals surface area (Å²) < 4.78 is 0. The molecule has 6 rings (SSSR count). The summed E-state index contributed by atoms with van der Waals surface area (Å²) >= 11 is 0. The van der Waals surface area contributed by atoms with E-state index in [0.717, 1.165) is 32.2 Å². The van der Waals surface area contributed by atoms with Gasteiger partial charge in [0.2, 0.25) is 5.91 Å². The van der Waals surface area contributed by atoms with Gasteiger partial charge in [0.25, 0.3) is 0 Å². The molecule has 130 valence electrons. The summed E-state index contributed by atoms with van der Waals surface area (Å²) in [5, 5.41) is 1.34. The lowest BCUT2D eigenvalue weighted by Crippen LogP contribution is -2.53. The summed E-state index contributed by atoms with van der Waals surface area (Å²) in [6, 6.07) is 19.3. The van der Waals surface area contributed by atoms with Crippen LogP contribution in [0.15, 0.2) is 54.6 Å². The highest BCUT2D eigenvalue weighted by Gasteiger charge is 2.64. The molecule has 3 heterocycles. The number of H-pyrrole nitrogens is 1. The number of para-hydroxylation sites is 1. The molecule has 1 amide bonds. The van der Waals surface area contributed by atoms with E-state index in [1.54, 1.807) is 0 Å². The number of nitrogens with one attached hydrogen (secondary N) is 1. The van der Waals surface area contributed by atoms with Crippen molar-refractivity contribution in [2.45, 2.75) is 31.2 Å². The van der Waals surface area contributed by atoms with Gasteiger partial charge in [-0.1, -0.05) is 48.5 Å². The maximum Gasteiger partial charge on any atom is 0.226 e. The summed E-state index contributed by atoms with van der Waals surface area (Å²) in [4.78, 5) is 19.1. The minimum atomic E-state index is -0.187. The van der Waals surface area contributed by atoms with E-state index in [4.69, 9.17) is 0 Å². The maximum atomic E-state index is 13.1. The van der Waals surface area contributed by atoms with Crippen molar-refractivity contribution in [3.05, 3.63) is 71.4 Å². The Morgan fingerprint density at radius 3 is 2.65 bits per heavy atom. The van der Waals surface area contributed by atoms with E-state index in [0.29, 0.717) is 11.8 Å². The number of rotatable bonds is 2. The van der Waals surface area contributed by atoms with Crippen LogP contribution in [0.5, 0.6) is 0 Å². The zero-order valence-electron chi connectivity index (χ0n) is 14.7. The molecule has 3 atom stereocenters. The Bertz CT molecular complexity index is 1020. The molecule has 1 aromatic heterocycles. The Balaban J connectivity index is 1.61. The highest BCUT2D eigenvalue weighted by Crippen LogP contribution is 2.60. The van der Waals surface area contributed by atoms with Gasteiger partial charge in [-0.2, -0.15) is 0 Å². The van der Waals surface area contributed by atoms with E-state index in [-0.39, 0.29) is 11.5 Å². The van der Waals surface area contributed by atoms with Gasteiger partial charge in [-0.25, -0.2) is 0 Å². The molecular weight excluding hydrogens is 320 g/mol. The van der Waals surface area contributed by atoms with Crippen molar-refractivity contribution in [3.63, 3.8) is 0 Å². The van der Waals surface area contributed by atoms with Crippen LogP contribution in [0.1, 0.15) is 29.7 Å². The molecule has 26 heavy (non-hydrogen) atoms. The van der Waals surface area contributed by atoms with Crippen LogP contribution in [-0.2, 0) is 23.2 Å². The first-order valence-corrected chi connectivity index (χ1v) is 9.74. The second-order valence-corrected chi connectivity index (χ2v) is 8.14. The van der Waals surface area contributed by atoms with Crippen molar-refractivity contribution in [2.75, 3.05) is 6.54 Å². The molecule has 3 aromatic rings. The molecule has 0 radical (unpaired) electrons. The molecule has 3 nitrogen and oxygen atoms in total. The van der Waals surface area contributed by atoms with Crippen LogP contribution in [0.2, 0.25) is 0 Å². The van der Waals surface area contributed by atoms with Gasteiger partial charge < -0.3 is 9.88 Å². The average molecular weight is 342 g/mol. The van der Waals surface area contributed by atoms with Gasteiger partial charge in [0.15, 0.2) is 0 Å². The Kier molecular flexibility index (Phi) is 2.81. The highest BCUT2D eigenvalue weighted by molar-refractivity contribution is 5.89. The number of carbonyl (C=O) groups is 1. The van der Waals surface area contributed by atoms with Gasteiger partial charge in [0, 0.05) is 35.5 Å². The lowest BCUT2D eigenvalue weighted by atomic mass is 9.62. The number of aromatic nitrogens is 1. The van der Waals surface area contributed by atoms with Crippen molar-refractivity contribution >= 4 is 16.8 Å². The Morgan fingerprint density at radius 2 is 1.85 bits per heavy atom. The predicted octanol–water partition coefficient (Wildman–Crippen LogP) is 4.03. The molecule has 1 N–H and O–H groups in total. The predicted molar refractivity (Wildman–Crippen MR) is 102 cm³/mol. The van der Waals surface area contributed by atoms with Crippen LogP contribution in [0.4, 0.5) is 0 Å². The second kappa shape index (κ2) is 5.00. The Labute approximate surface area is 153 Å². The quantitative estimate of drug-likeness (QED) is 0.750. The van der Waals surface area contributed by atoms with Crippen molar-refractivity contribution < 1.29 is 4.79 Å². The Morgan fingerprint density at radius 1 is 1.04 bits per heavy atom. The molecule has 1 saturated carbocycles. The number of aromatic amines is 1. The number of amides is 1. The van der Waals surface area contributed by atoms with Crippen molar-refractivity contribution in [1.82, 2.24) is 9.88 Å². The van der Waals surface area contributed by atoms with E-state index in [1.165, 1.54) is 27.7 Å². The summed E-state index contributed by atoms with van der Waals surface area (Å²) in [6.07, 6.45) is 4.10. The molecule has 0 unspecified atom stereocenters. The standard InChI is InChI=1S/C23H22N2O/c26-22-18-10-11-19(18)23(14-15-6-2-1-3-7-15)21-17(12-13-25(22)23)16-8-4-5-9-20(16)24-21/h1-9,18-19,24H,10-14H2/t18-,19+,23-/m1/s1. The van der Waals surface area contributed by atoms with Crippen molar-refractivity contribution in [3.8, 4) is 0 Å². The lowest BCUT2D eigenvalue weighted by Gasteiger charge is -2.48. The molecule has 2 aromatic carbocycles. The van der Waals surface area contributed by atoms with Crippen LogP contribution >= 0.6 is 0 Å². The van der Waals surface area contributed by atoms with Crippen LogP contribution in [0.25, 0.3) is 10.9 Å². The van der Waals surface area contributed by atoms with E-state index in [2.05, 4.69) is 64.5 Å². The van der Waals surface area contributed by atoms with Gasteiger partial charge in [0.1, 0.15) is 0 Å². The maximum absolute atomic E-state index is 13.1. The topological polar surface area (TPSA) is 36.1 Å². The van der Waals surface area contributed by atoms with Gasteiger partial charge >= 0.3 is 0 Å². The normalized spacial score (nSPS) is 29.2. The number of fused-ring (bicyclic) bond motifs is 7. The van der Waals surface area contributed by atoms with Gasteiger partial charge in [-0.3, -0.25) is 4.79 Å². The van der Waals surface area contributed by atoms with E-state index in [9.17, 15) is 4.79 Å². The minimum absolute atomic E-state index is 0.187. The minimum Gasteiger partial charge on any atom is -0.356 e. The SMILES string of the molecule is O=C1[C@@H]2CC[C@@H]2[C@]2(Cc3ccccc3)c3[nH]c4ccccc4c3CCN12. The third-order valence-corrected chi connectivity index (χ3v) is 7.10. The highest BCUT2D eigenvalue weighted by atomic mass is 16.2. The van der Waals surface area contributed by atoms with Gasteiger partial charge in [-0.05, 0) is 42.4 Å². The van der Waals surface area contributed by atoms with E-state index in [1.807, 2.05) is 0 Å². The lowest BCUT2D eigenvalue weighted by molar-refractivity contribution is -0.134. The second-order valence-electron chi connectivity index (χ2n) is 8.14. The fraction of sp³-hybridized carbons (Fsp3) is 0.348. The molecule has 3 heteroatoms. The fourth-order valence-corrected chi connectivity index (χ4v) is 5.87. The molecule has 1 saturated heterocycles. The monoisotopic (exact) mass is 342 g/mol. The number of carbonyl (C=O) groups excluding carboxylic acids is 1. The molecule has 2 fully saturated rings.